The van der Waals surface area contributed by atoms with E-state index in [2.05, 4.69) is 5.32 Å². The molecule has 5 nitrogen and oxygen atoms in total. The lowest BCUT2D eigenvalue weighted by atomic mass is 10.1. The first-order chi connectivity index (χ1) is 12.5. The van der Waals surface area contributed by atoms with Crippen molar-refractivity contribution < 1.29 is 19.1 Å². The number of carbonyl (C=O) groups excluding carboxylic acids is 1. The van der Waals surface area contributed by atoms with E-state index in [1.165, 1.54) is 5.56 Å². The highest BCUT2D eigenvalue weighted by Crippen LogP contribution is 2.24. The number of amides is 1. The summed E-state index contributed by atoms with van der Waals surface area (Å²) in [6, 6.07) is 16.6. The van der Waals surface area contributed by atoms with Crippen LogP contribution in [-0.4, -0.2) is 17.6 Å². The van der Waals surface area contributed by atoms with Crippen molar-refractivity contribution in [1.82, 2.24) is 0 Å². The number of aryl methyl sites for hydroxylation is 2. The predicted octanol–water partition coefficient (Wildman–Crippen LogP) is 4.07. The molecule has 0 radical (unpaired) electrons. The van der Waals surface area contributed by atoms with Crippen LogP contribution in [0.4, 0.5) is 5.69 Å². The molecule has 0 bridgehead atoms. The van der Waals surface area contributed by atoms with Gasteiger partial charge in [-0.25, -0.2) is 0 Å². The second-order valence-corrected chi connectivity index (χ2v) is 6.08. The molecule has 0 unspecified atom stereocenters. The average molecular weight is 351 g/mol. The van der Waals surface area contributed by atoms with Gasteiger partial charge in [-0.15, -0.1) is 0 Å². The molecular formula is C21H21NO4. The van der Waals surface area contributed by atoms with E-state index in [1.807, 2.05) is 44.2 Å². The first-order valence-corrected chi connectivity index (χ1v) is 8.35. The lowest BCUT2D eigenvalue weighted by Crippen LogP contribution is -2.20. The van der Waals surface area contributed by atoms with Crippen molar-refractivity contribution in [3.05, 3.63) is 71.5 Å². The van der Waals surface area contributed by atoms with Crippen LogP contribution < -0.4 is 10.1 Å². The third kappa shape index (κ3) is 4.32. The first-order valence-electron chi connectivity index (χ1n) is 8.35. The molecule has 26 heavy (non-hydrogen) atoms. The van der Waals surface area contributed by atoms with Crippen molar-refractivity contribution in [2.45, 2.75) is 20.5 Å². The Morgan fingerprint density at radius 3 is 2.46 bits per heavy atom. The zero-order valence-electron chi connectivity index (χ0n) is 14.8. The maximum atomic E-state index is 12.1. The summed E-state index contributed by atoms with van der Waals surface area (Å²) in [5.41, 5.74) is 3.86. The maximum Gasteiger partial charge on any atom is 0.262 e. The van der Waals surface area contributed by atoms with E-state index in [9.17, 15) is 4.79 Å². The zero-order valence-corrected chi connectivity index (χ0v) is 14.8. The molecule has 3 rings (SSSR count). The van der Waals surface area contributed by atoms with Crippen LogP contribution in [0.25, 0.3) is 11.3 Å². The molecule has 0 spiro atoms. The van der Waals surface area contributed by atoms with Gasteiger partial charge < -0.3 is 19.6 Å². The van der Waals surface area contributed by atoms with Crippen LogP contribution >= 0.6 is 0 Å². The molecule has 0 aliphatic carbocycles. The van der Waals surface area contributed by atoms with Gasteiger partial charge in [0, 0.05) is 11.3 Å². The maximum absolute atomic E-state index is 12.1. The Hall–Kier alpha value is -3.05. The number of hydrogen-bond donors (Lipinski definition) is 2. The highest BCUT2D eigenvalue weighted by molar-refractivity contribution is 5.92. The van der Waals surface area contributed by atoms with E-state index in [4.69, 9.17) is 14.3 Å². The van der Waals surface area contributed by atoms with E-state index >= 15 is 0 Å². The van der Waals surface area contributed by atoms with Crippen molar-refractivity contribution >= 4 is 11.6 Å². The second kappa shape index (κ2) is 7.89. The van der Waals surface area contributed by atoms with Crippen molar-refractivity contribution in [3.63, 3.8) is 0 Å². The van der Waals surface area contributed by atoms with Crippen molar-refractivity contribution in [2.75, 3.05) is 11.9 Å². The third-order valence-electron chi connectivity index (χ3n) is 4.12. The van der Waals surface area contributed by atoms with Gasteiger partial charge in [0.05, 0.1) is 0 Å². The molecule has 2 N–H and O–H groups in total. The fourth-order valence-electron chi connectivity index (χ4n) is 2.49. The highest BCUT2D eigenvalue weighted by Gasteiger charge is 2.07. The Morgan fingerprint density at radius 1 is 1.04 bits per heavy atom. The van der Waals surface area contributed by atoms with Gasteiger partial charge in [-0.2, -0.15) is 0 Å². The molecule has 0 aliphatic heterocycles. The molecule has 3 aromatic rings. The van der Waals surface area contributed by atoms with Gasteiger partial charge in [0.1, 0.15) is 23.9 Å². The fourth-order valence-corrected chi connectivity index (χ4v) is 2.49. The summed E-state index contributed by atoms with van der Waals surface area (Å²) in [6.45, 7) is 3.85. The molecule has 0 fully saturated rings. The van der Waals surface area contributed by atoms with Crippen LogP contribution in [0.2, 0.25) is 0 Å². The van der Waals surface area contributed by atoms with Crippen LogP contribution in [0.15, 0.2) is 59.0 Å². The Morgan fingerprint density at radius 2 is 1.81 bits per heavy atom. The monoisotopic (exact) mass is 351 g/mol. The van der Waals surface area contributed by atoms with Crippen molar-refractivity contribution in [1.29, 1.82) is 0 Å². The Kier molecular flexibility index (Phi) is 5.39. The summed E-state index contributed by atoms with van der Waals surface area (Å²) < 4.78 is 11.0. The molecular weight excluding hydrogens is 330 g/mol. The lowest BCUT2D eigenvalue weighted by molar-refractivity contribution is -0.118. The minimum absolute atomic E-state index is 0.0533. The van der Waals surface area contributed by atoms with Crippen molar-refractivity contribution in [2.24, 2.45) is 0 Å². The standard InChI is InChI=1S/C21H21NO4/c1-14-3-8-18(11-15(14)2)25-13-21(24)22-17-6-4-16(5-7-17)20-10-9-19(12-23)26-20/h3-11,23H,12-13H2,1-2H3,(H,22,24). The van der Waals surface area contributed by atoms with Crippen LogP contribution in [0.5, 0.6) is 5.75 Å². The summed E-state index contributed by atoms with van der Waals surface area (Å²) in [5.74, 6) is 1.64. The quantitative estimate of drug-likeness (QED) is 0.702. The van der Waals surface area contributed by atoms with Gasteiger partial charge in [-0.1, -0.05) is 6.07 Å². The van der Waals surface area contributed by atoms with E-state index in [-0.39, 0.29) is 19.1 Å². The number of anilines is 1. The topological polar surface area (TPSA) is 71.7 Å². The van der Waals surface area contributed by atoms with E-state index in [1.54, 1.807) is 24.3 Å². The SMILES string of the molecule is Cc1ccc(OCC(=O)Nc2ccc(-c3ccc(CO)o3)cc2)cc1C. The van der Waals surface area contributed by atoms with E-state index in [0.717, 1.165) is 11.1 Å². The number of aliphatic hydroxyl groups excluding tert-OH is 1. The minimum Gasteiger partial charge on any atom is -0.484 e. The van der Waals surface area contributed by atoms with Crippen LogP contribution in [0, 0.1) is 13.8 Å². The first kappa shape index (κ1) is 17.8. The normalized spacial score (nSPS) is 10.6. The molecule has 5 heteroatoms. The number of nitrogens with one attached hydrogen (secondary N) is 1. The molecule has 1 heterocycles. The van der Waals surface area contributed by atoms with E-state index in [0.29, 0.717) is 23.0 Å². The van der Waals surface area contributed by atoms with Gasteiger partial charge in [-0.05, 0) is 73.5 Å². The number of furan rings is 1. The number of rotatable bonds is 6. The Bertz CT molecular complexity index is 897. The molecule has 0 saturated heterocycles. The average Bonchev–Trinajstić information content (AvgIpc) is 3.12. The molecule has 2 aromatic carbocycles. The summed E-state index contributed by atoms with van der Waals surface area (Å²) in [7, 11) is 0. The minimum atomic E-state index is -0.225. The number of hydrogen-bond acceptors (Lipinski definition) is 4. The second-order valence-electron chi connectivity index (χ2n) is 6.08. The molecule has 1 amide bonds. The summed E-state index contributed by atoms with van der Waals surface area (Å²) in [5, 5.41) is 11.8. The number of aliphatic hydroxyl groups is 1. The van der Waals surface area contributed by atoms with Gasteiger partial charge in [0.25, 0.3) is 5.91 Å². The fraction of sp³-hybridized carbons (Fsp3) is 0.190. The third-order valence-corrected chi connectivity index (χ3v) is 4.12. The van der Waals surface area contributed by atoms with Crippen LogP contribution in [0.1, 0.15) is 16.9 Å². The van der Waals surface area contributed by atoms with Gasteiger partial charge in [-0.3, -0.25) is 4.79 Å². The summed E-state index contributed by atoms with van der Waals surface area (Å²) in [4.78, 5) is 12.1. The number of ether oxygens (including phenoxy) is 1. The Labute approximate surface area is 152 Å². The summed E-state index contributed by atoms with van der Waals surface area (Å²) in [6.07, 6.45) is 0. The summed E-state index contributed by atoms with van der Waals surface area (Å²) >= 11 is 0. The van der Waals surface area contributed by atoms with Crippen LogP contribution in [-0.2, 0) is 11.4 Å². The molecule has 0 aliphatic rings. The largest absolute Gasteiger partial charge is 0.484 e. The van der Waals surface area contributed by atoms with Crippen molar-refractivity contribution in [3.8, 4) is 17.1 Å². The molecule has 0 saturated carbocycles. The highest BCUT2D eigenvalue weighted by atomic mass is 16.5. The van der Waals surface area contributed by atoms with Gasteiger partial charge in [0.15, 0.2) is 6.61 Å². The molecule has 134 valence electrons. The number of carbonyl (C=O) groups is 1. The molecule has 1 aromatic heterocycles. The zero-order chi connectivity index (χ0) is 18.5. The smallest absolute Gasteiger partial charge is 0.262 e. The van der Waals surface area contributed by atoms with Gasteiger partial charge in [0.2, 0.25) is 0 Å². The Balaban J connectivity index is 1.56. The van der Waals surface area contributed by atoms with Gasteiger partial charge >= 0.3 is 0 Å². The van der Waals surface area contributed by atoms with Crippen LogP contribution in [0.3, 0.4) is 0 Å². The predicted molar refractivity (Wildman–Crippen MR) is 100 cm³/mol. The lowest BCUT2D eigenvalue weighted by Gasteiger charge is -2.09. The van der Waals surface area contributed by atoms with E-state index < -0.39 is 0 Å². The molecule has 0 atom stereocenters. The number of benzene rings is 2.